The maximum atomic E-state index is 12.4. The molecule has 1 amide bonds. The lowest BCUT2D eigenvalue weighted by molar-refractivity contribution is -0.148. The van der Waals surface area contributed by atoms with Crippen molar-refractivity contribution in [1.82, 2.24) is 0 Å². The third-order valence-electron chi connectivity index (χ3n) is 4.14. The van der Waals surface area contributed by atoms with Gasteiger partial charge in [0.2, 0.25) is 0 Å². The summed E-state index contributed by atoms with van der Waals surface area (Å²) < 4.78 is 5.21. The summed E-state index contributed by atoms with van der Waals surface area (Å²) in [5.74, 6) is -0.889. The Balaban J connectivity index is 1.96. The fraction of sp³-hybridized carbons (Fsp3) is 0.273. The average molecular weight is 351 g/mol. The molecule has 0 aromatic heterocycles. The van der Waals surface area contributed by atoms with Gasteiger partial charge < -0.3 is 10.1 Å². The van der Waals surface area contributed by atoms with E-state index in [4.69, 9.17) is 4.74 Å². The summed E-state index contributed by atoms with van der Waals surface area (Å²) in [6, 6.07) is 13.6. The maximum Gasteiger partial charge on any atom is 0.331 e. The minimum absolute atomic E-state index is 0.342. The van der Waals surface area contributed by atoms with E-state index in [1.165, 1.54) is 6.08 Å². The first-order valence-electron chi connectivity index (χ1n) is 8.75. The van der Waals surface area contributed by atoms with Crippen molar-refractivity contribution in [2.45, 2.75) is 40.2 Å². The van der Waals surface area contributed by atoms with Crippen LogP contribution in [-0.4, -0.2) is 18.0 Å². The van der Waals surface area contributed by atoms with Crippen molar-refractivity contribution in [3.05, 3.63) is 70.8 Å². The normalized spacial score (nSPS) is 12.0. The SMILES string of the molecule is CCc1cccc(C)c1NC(=O)C(C)OC(=O)/C=C/c1ccc(C)cc1. The number of amides is 1. The molecule has 0 aliphatic rings. The molecule has 0 bridgehead atoms. The van der Waals surface area contributed by atoms with Gasteiger partial charge in [-0.15, -0.1) is 0 Å². The van der Waals surface area contributed by atoms with Gasteiger partial charge in [0.1, 0.15) is 0 Å². The van der Waals surface area contributed by atoms with Gasteiger partial charge >= 0.3 is 5.97 Å². The zero-order valence-corrected chi connectivity index (χ0v) is 15.7. The second-order valence-electron chi connectivity index (χ2n) is 6.27. The van der Waals surface area contributed by atoms with Crippen molar-refractivity contribution in [3.8, 4) is 0 Å². The van der Waals surface area contributed by atoms with E-state index in [9.17, 15) is 9.59 Å². The second-order valence-corrected chi connectivity index (χ2v) is 6.27. The number of carbonyl (C=O) groups is 2. The van der Waals surface area contributed by atoms with Crippen molar-refractivity contribution < 1.29 is 14.3 Å². The number of hydrogen-bond donors (Lipinski definition) is 1. The van der Waals surface area contributed by atoms with Crippen LogP contribution in [-0.2, 0) is 20.7 Å². The molecule has 0 fully saturated rings. The summed E-state index contributed by atoms with van der Waals surface area (Å²) in [6.07, 6.45) is 2.93. The molecule has 26 heavy (non-hydrogen) atoms. The Kier molecular flexibility index (Phi) is 6.73. The Bertz CT molecular complexity index is 807. The number of benzene rings is 2. The third-order valence-corrected chi connectivity index (χ3v) is 4.14. The van der Waals surface area contributed by atoms with E-state index in [2.05, 4.69) is 5.32 Å². The molecule has 2 rings (SSSR count). The van der Waals surface area contributed by atoms with Gasteiger partial charge in [0.25, 0.3) is 5.91 Å². The summed E-state index contributed by atoms with van der Waals surface area (Å²) in [5.41, 5.74) is 4.87. The molecule has 0 heterocycles. The fourth-order valence-corrected chi connectivity index (χ4v) is 2.54. The molecule has 136 valence electrons. The lowest BCUT2D eigenvalue weighted by atomic mass is 10.1. The molecule has 1 unspecified atom stereocenters. The molecule has 0 saturated carbocycles. The largest absolute Gasteiger partial charge is 0.449 e. The van der Waals surface area contributed by atoms with Gasteiger partial charge in [-0.25, -0.2) is 4.79 Å². The van der Waals surface area contributed by atoms with Crippen molar-refractivity contribution in [3.63, 3.8) is 0 Å². The lowest BCUT2D eigenvalue weighted by Crippen LogP contribution is -2.30. The predicted molar refractivity (Wildman–Crippen MR) is 105 cm³/mol. The van der Waals surface area contributed by atoms with Gasteiger partial charge in [0, 0.05) is 11.8 Å². The first-order valence-corrected chi connectivity index (χ1v) is 8.75. The number of para-hydroxylation sites is 1. The number of hydrogen-bond acceptors (Lipinski definition) is 3. The molecule has 1 atom stereocenters. The van der Waals surface area contributed by atoms with Crippen LogP contribution in [0.4, 0.5) is 5.69 Å². The molecular weight excluding hydrogens is 326 g/mol. The van der Waals surface area contributed by atoms with Crippen molar-refractivity contribution in [2.24, 2.45) is 0 Å². The smallest absolute Gasteiger partial charge is 0.331 e. The topological polar surface area (TPSA) is 55.4 Å². The summed E-state index contributed by atoms with van der Waals surface area (Å²) in [7, 11) is 0. The molecule has 2 aromatic rings. The van der Waals surface area contributed by atoms with Gasteiger partial charge in [-0.05, 0) is 50.0 Å². The molecular formula is C22H25NO3. The van der Waals surface area contributed by atoms with Crippen LogP contribution in [0.3, 0.4) is 0 Å². The highest BCUT2D eigenvalue weighted by atomic mass is 16.5. The number of aryl methyl sites for hydroxylation is 3. The number of ether oxygens (including phenoxy) is 1. The highest BCUT2D eigenvalue weighted by molar-refractivity contribution is 5.97. The highest BCUT2D eigenvalue weighted by Gasteiger charge is 2.18. The van der Waals surface area contributed by atoms with Crippen LogP contribution in [0.15, 0.2) is 48.5 Å². The summed E-state index contributed by atoms with van der Waals surface area (Å²) in [4.78, 5) is 24.3. The highest BCUT2D eigenvalue weighted by Crippen LogP contribution is 2.21. The van der Waals surface area contributed by atoms with Crippen LogP contribution >= 0.6 is 0 Å². The molecule has 4 nitrogen and oxygen atoms in total. The van der Waals surface area contributed by atoms with Crippen molar-refractivity contribution in [1.29, 1.82) is 0 Å². The minimum atomic E-state index is -0.880. The first-order chi connectivity index (χ1) is 12.4. The molecule has 2 aromatic carbocycles. The summed E-state index contributed by atoms with van der Waals surface area (Å²) in [5, 5.41) is 2.87. The van der Waals surface area contributed by atoms with Crippen LogP contribution in [0.25, 0.3) is 6.08 Å². The Hall–Kier alpha value is -2.88. The van der Waals surface area contributed by atoms with E-state index in [1.54, 1.807) is 13.0 Å². The van der Waals surface area contributed by atoms with Crippen LogP contribution in [0.1, 0.15) is 36.1 Å². The first kappa shape index (κ1) is 19.4. The average Bonchev–Trinajstić information content (AvgIpc) is 2.62. The number of rotatable bonds is 6. The van der Waals surface area contributed by atoms with Crippen LogP contribution in [0.2, 0.25) is 0 Å². The van der Waals surface area contributed by atoms with Crippen LogP contribution in [0.5, 0.6) is 0 Å². The van der Waals surface area contributed by atoms with Gasteiger partial charge in [-0.2, -0.15) is 0 Å². The molecule has 1 N–H and O–H groups in total. The number of esters is 1. The fourth-order valence-electron chi connectivity index (χ4n) is 2.54. The Morgan fingerprint density at radius 2 is 1.81 bits per heavy atom. The van der Waals surface area contributed by atoms with Crippen molar-refractivity contribution in [2.75, 3.05) is 5.32 Å². The molecule has 0 spiro atoms. The lowest BCUT2D eigenvalue weighted by Gasteiger charge is -2.16. The van der Waals surface area contributed by atoms with E-state index in [0.717, 1.165) is 34.4 Å². The zero-order chi connectivity index (χ0) is 19.1. The van der Waals surface area contributed by atoms with E-state index < -0.39 is 12.1 Å². The minimum Gasteiger partial charge on any atom is -0.449 e. The standard InChI is InChI=1S/C22H25NO3/c1-5-19-8-6-7-16(3)21(19)23-22(25)17(4)26-20(24)14-13-18-11-9-15(2)10-12-18/h6-14,17H,5H2,1-4H3,(H,23,25)/b14-13+. The molecule has 0 aliphatic heterocycles. The monoisotopic (exact) mass is 351 g/mol. The number of nitrogens with one attached hydrogen (secondary N) is 1. The van der Waals surface area contributed by atoms with Gasteiger partial charge in [0.15, 0.2) is 6.10 Å². The number of carbonyl (C=O) groups excluding carboxylic acids is 2. The van der Waals surface area contributed by atoms with Crippen LogP contribution < -0.4 is 5.32 Å². The molecule has 4 heteroatoms. The Morgan fingerprint density at radius 3 is 2.46 bits per heavy atom. The van der Waals surface area contributed by atoms with Gasteiger partial charge in [0.05, 0.1) is 0 Å². The van der Waals surface area contributed by atoms with Gasteiger partial charge in [-0.3, -0.25) is 4.79 Å². The third kappa shape index (κ3) is 5.31. The van der Waals surface area contributed by atoms with E-state index in [-0.39, 0.29) is 5.91 Å². The summed E-state index contributed by atoms with van der Waals surface area (Å²) in [6.45, 7) is 7.54. The Morgan fingerprint density at radius 1 is 1.12 bits per heavy atom. The summed E-state index contributed by atoms with van der Waals surface area (Å²) >= 11 is 0. The van der Waals surface area contributed by atoms with Crippen LogP contribution in [0, 0.1) is 13.8 Å². The second kappa shape index (κ2) is 8.99. The predicted octanol–water partition coefficient (Wildman–Crippen LogP) is 4.45. The molecule has 0 saturated heterocycles. The quantitative estimate of drug-likeness (QED) is 0.618. The van der Waals surface area contributed by atoms with E-state index in [1.807, 2.05) is 63.2 Å². The zero-order valence-electron chi connectivity index (χ0n) is 15.7. The number of anilines is 1. The molecule has 0 aliphatic carbocycles. The van der Waals surface area contributed by atoms with E-state index >= 15 is 0 Å². The maximum absolute atomic E-state index is 12.4. The van der Waals surface area contributed by atoms with E-state index in [0.29, 0.717) is 0 Å². The van der Waals surface area contributed by atoms with Crippen molar-refractivity contribution >= 4 is 23.6 Å². The molecule has 0 radical (unpaired) electrons. The Labute approximate surface area is 154 Å². The van der Waals surface area contributed by atoms with Gasteiger partial charge in [-0.1, -0.05) is 55.0 Å².